The molecule has 1 aliphatic rings. The summed E-state index contributed by atoms with van der Waals surface area (Å²) >= 11 is 5.80. The van der Waals surface area contributed by atoms with Gasteiger partial charge in [-0.05, 0) is 44.2 Å². The van der Waals surface area contributed by atoms with Crippen LogP contribution >= 0.6 is 11.6 Å². The van der Waals surface area contributed by atoms with Gasteiger partial charge in [-0.25, -0.2) is 4.39 Å². The Labute approximate surface area is 173 Å². The van der Waals surface area contributed by atoms with Crippen molar-refractivity contribution < 1.29 is 18.8 Å². The van der Waals surface area contributed by atoms with Crippen LogP contribution in [0.4, 0.5) is 15.8 Å². The maximum absolute atomic E-state index is 13.4. The molecule has 0 aliphatic carbocycles. The zero-order valence-electron chi connectivity index (χ0n) is 16.0. The van der Waals surface area contributed by atoms with Crippen LogP contribution in [0.2, 0.25) is 5.02 Å². The summed E-state index contributed by atoms with van der Waals surface area (Å²) in [6.45, 7) is 3.84. The van der Waals surface area contributed by atoms with E-state index in [1.54, 1.807) is 24.3 Å². The third-order valence-corrected chi connectivity index (χ3v) is 4.85. The summed E-state index contributed by atoms with van der Waals surface area (Å²) < 4.78 is 13.4. The van der Waals surface area contributed by atoms with Crippen molar-refractivity contribution >= 4 is 40.7 Å². The highest BCUT2D eigenvalue weighted by Gasteiger charge is 2.35. The predicted molar refractivity (Wildman–Crippen MR) is 110 cm³/mol. The second-order valence-electron chi connectivity index (χ2n) is 7.17. The van der Waals surface area contributed by atoms with Gasteiger partial charge >= 0.3 is 0 Å². The smallest absolute Gasteiger partial charge is 0.253 e. The Bertz CT molecular complexity index is 964. The highest BCUT2D eigenvalue weighted by molar-refractivity contribution is 6.31. The lowest BCUT2D eigenvalue weighted by Gasteiger charge is -2.18. The van der Waals surface area contributed by atoms with E-state index in [4.69, 9.17) is 11.6 Å². The third kappa shape index (κ3) is 4.74. The highest BCUT2D eigenvalue weighted by atomic mass is 35.5. The summed E-state index contributed by atoms with van der Waals surface area (Å²) in [5, 5.41) is 5.46. The molecular weight excluding hydrogens is 397 g/mol. The third-order valence-electron chi connectivity index (χ3n) is 4.56. The van der Waals surface area contributed by atoms with Gasteiger partial charge in [0.1, 0.15) is 5.82 Å². The minimum Gasteiger partial charge on any atom is -0.350 e. The lowest BCUT2D eigenvalue weighted by molar-refractivity contribution is -0.122. The van der Waals surface area contributed by atoms with E-state index >= 15 is 0 Å². The number of nitrogens with one attached hydrogen (secondary N) is 2. The standard InChI is InChI=1S/C21H21ClFN3O3/c1-12(2)24-21(29)15-5-3-4-6-18(15)25-20(28)13-9-19(27)26(11-13)14-7-8-17(23)16(22)10-14/h3-8,10,12-13H,9,11H2,1-2H3,(H,24,29)(H,25,28). The van der Waals surface area contributed by atoms with Crippen LogP contribution in [0, 0.1) is 11.7 Å². The number of para-hydroxylation sites is 1. The Balaban J connectivity index is 1.73. The number of hydrogen-bond acceptors (Lipinski definition) is 3. The summed E-state index contributed by atoms with van der Waals surface area (Å²) in [6.07, 6.45) is 0.0151. The quantitative estimate of drug-likeness (QED) is 0.780. The van der Waals surface area contributed by atoms with E-state index in [1.807, 2.05) is 13.8 Å². The topological polar surface area (TPSA) is 78.5 Å². The maximum atomic E-state index is 13.4. The van der Waals surface area contributed by atoms with Gasteiger partial charge in [-0.2, -0.15) is 0 Å². The molecule has 29 heavy (non-hydrogen) atoms. The number of anilines is 2. The van der Waals surface area contributed by atoms with Crippen LogP contribution < -0.4 is 15.5 Å². The number of amides is 3. The Hall–Kier alpha value is -2.93. The first-order valence-electron chi connectivity index (χ1n) is 9.22. The van der Waals surface area contributed by atoms with E-state index in [9.17, 15) is 18.8 Å². The number of halogens is 2. The number of nitrogens with zero attached hydrogens (tertiary/aromatic N) is 1. The first-order valence-corrected chi connectivity index (χ1v) is 9.60. The van der Waals surface area contributed by atoms with Crippen LogP contribution in [0.1, 0.15) is 30.6 Å². The van der Waals surface area contributed by atoms with Crippen molar-refractivity contribution in [2.45, 2.75) is 26.3 Å². The van der Waals surface area contributed by atoms with Crippen LogP contribution in [0.15, 0.2) is 42.5 Å². The summed E-state index contributed by atoms with van der Waals surface area (Å²) in [7, 11) is 0. The summed E-state index contributed by atoms with van der Waals surface area (Å²) in [5.74, 6) is -2.08. The molecule has 1 saturated heterocycles. The van der Waals surface area contributed by atoms with Gasteiger partial charge in [0.15, 0.2) is 0 Å². The molecule has 2 aromatic carbocycles. The van der Waals surface area contributed by atoms with E-state index in [1.165, 1.54) is 23.1 Å². The second kappa shape index (κ2) is 8.61. The van der Waals surface area contributed by atoms with Gasteiger partial charge in [-0.1, -0.05) is 23.7 Å². The molecule has 1 heterocycles. The van der Waals surface area contributed by atoms with E-state index in [0.717, 1.165) is 0 Å². The van der Waals surface area contributed by atoms with E-state index in [-0.39, 0.29) is 41.8 Å². The molecule has 0 radical (unpaired) electrons. The molecule has 2 N–H and O–H groups in total. The van der Waals surface area contributed by atoms with Crippen molar-refractivity contribution in [1.29, 1.82) is 0 Å². The summed E-state index contributed by atoms with van der Waals surface area (Å²) in [5.41, 5.74) is 1.17. The molecule has 0 bridgehead atoms. The highest BCUT2D eigenvalue weighted by Crippen LogP contribution is 2.29. The molecule has 1 atom stereocenters. The number of carbonyl (C=O) groups excluding carboxylic acids is 3. The Morgan fingerprint density at radius 1 is 1.21 bits per heavy atom. The minimum absolute atomic E-state index is 0.0151. The molecule has 6 nitrogen and oxygen atoms in total. The molecule has 1 unspecified atom stereocenters. The molecule has 152 valence electrons. The number of carbonyl (C=O) groups is 3. The van der Waals surface area contributed by atoms with E-state index in [0.29, 0.717) is 16.9 Å². The molecular formula is C21H21ClFN3O3. The first-order chi connectivity index (χ1) is 13.8. The molecule has 3 rings (SSSR count). The molecule has 0 aromatic heterocycles. The van der Waals surface area contributed by atoms with Crippen molar-refractivity contribution in [3.05, 3.63) is 58.9 Å². The average molecular weight is 418 g/mol. The van der Waals surface area contributed by atoms with Gasteiger partial charge < -0.3 is 15.5 Å². The summed E-state index contributed by atoms with van der Waals surface area (Å²) in [6, 6.07) is 10.6. The molecule has 1 fully saturated rings. The fraction of sp³-hybridized carbons (Fsp3) is 0.286. The van der Waals surface area contributed by atoms with Crippen molar-refractivity contribution in [2.75, 3.05) is 16.8 Å². The maximum Gasteiger partial charge on any atom is 0.253 e. The van der Waals surface area contributed by atoms with Gasteiger partial charge in [0.25, 0.3) is 5.91 Å². The fourth-order valence-electron chi connectivity index (χ4n) is 3.15. The Kier molecular flexibility index (Phi) is 6.17. The van der Waals surface area contributed by atoms with Gasteiger partial charge in [0.2, 0.25) is 11.8 Å². The van der Waals surface area contributed by atoms with Crippen LogP contribution in [0.5, 0.6) is 0 Å². The monoisotopic (exact) mass is 417 g/mol. The Morgan fingerprint density at radius 3 is 2.62 bits per heavy atom. The zero-order chi connectivity index (χ0) is 21.1. The van der Waals surface area contributed by atoms with Crippen LogP contribution in [0.3, 0.4) is 0 Å². The van der Waals surface area contributed by atoms with E-state index in [2.05, 4.69) is 10.6 Å². The fourth-order valence-corrected chi connectivity index (χ4v) is 3.33. The average Bonchev–Trinajstić information content (AvgIpc) is 3.05. The van der Waals surface area contributed by atoms with Crippen molar-refractivity contribution in [3.63, 3.8) is 0 Å². The van der Waals surface area contributed by atoms with Gasteiger partial charge in [0, 0.05) is 24.7 Å². The molecule has 0 spiro atoms. The Morgan fingerprint density at radius 2 is 1.93 bits per heavy atom. The molecule has 0 saturated carbocycles. The van der Waals surface area contributed by atoms with E-state index < -0.39 is 11.7 Å². The van der Waals surface area contributed by atoms with Crippen molar-refractivity contribution in [1.82, 2.24) is 5.32 Å². The van der Waals surface area contributed by atoms with Crippen LogP contribution in [-0.4, -0.2) is 30.3 Å². The van der Waals surface area contributed by atoms with Crippen LogP contribution in [-0.2, 0) is 9.59 Å². The first kappa shape index (κ1) is 20.8. The molecule has 1 aliphatic heterocycles. The SMILES string of the molecule is CC(C)NC(=O)c1ccccc1NC(=O)C1CC(=O)N(c2ccc(F)c(Cl)c2)C1. The summed E-state index contributed by atoms with van der Waals surface area (Å²) in [4.78, 5) is 38.9. The lowest BCUT2D eigenvalue weighted by atomic mass is 10.1. The molecule has 2 aromatic rings. The van der Waals surface area contributed by atoms with Crippen molar-refractivity contribution in [3.8, 4) is 0 Å². The zero-order valence-corrected chi connectivity index (χ0v) is 16.8. The second-order valence-corrected chi connectivity index (χ2v) is 7.57. The molecule has 8 heteroatoms. The lowest BCUT2D eigenvalue weighted by Crippen LogP contribution is -2.32. The minimum atomic E-state index is -0.604. The number of benzene rings is 2. The van der Waals surface area contributed by atoms with Crippen molar-refractivity contribution in [2.24, 2.45) is 5.92 Å². The van der Waals surface area contributed by atoms with Gasteiger partial charge in [0.05, 0.1) is 22.2 Å². The number of rotatable bonds is 5. The van der Waals surface area contributed by atoms with Gasteiger partial charge in [-0.3, -0.25) is 14.4 Å². The number of hydrogen-bond donors (Lipinski definition) is 2. The normalized spacial score (nSPS) is 16.2. The molecule has 3 amide bonds. The predicted octanol–water partition coefficient (Wildman–Crippen LogP) is 3.61. The van der Waals surface area contributed by atoms with Gasteiger partial charge in [-0.15, -0.1) is 0 Å². The van der Waals surface area contributed by atoms with Crippen LogP contribution in [0.25, 0.3) is 0 Å². The largest absolute Gasteiger partial charge is 0.350 e.